The molecule has 3 amide bonds. The Morgan fingerprint density at radius 3 is 2.47 bits per heavy atom. The van der Waals surface area contributed by atoms with Crippen LogP contribution in [0.5, 0.6) is 0 Å². The number of hydrogen-bond acceptors (Lipinski definition) is 5. The minimum absolute atomic E-state index is 0.110. The summed E-state index contributed by atoms with van der Waals surface area (Å²) < 4.78 is 5.03. The van der Waals surface area contributed by atoms with Gasteiger partial charge < -0.3 is 15.4 Å². The third kappa shape index (κ3) is 4.27. The maximum atomic E-state index is 11.7. The van der Waals surface area contributed by atoms with Gasteiger partial charge in [-0.05, 0) is 20.8 Å². The average Bonchev–Trinajstić information content (AvgIpc) is 2.53. The molecule has 0 saturated heterocycles. The lowest BCUT2D eigenvalue weighted by Crippen LogP contribution is -2.41. The van der Waals surface area contributed by atoms with E-state index >= 15 is 0 Å². The van der Waals surface area contributed by atoms with Crippen molar-refractivity contribution in [2.45, 2.75) is 26.4 Å². The van der Waals surface area contributed by atoms with Crippen LogP contribution in [-0.2, 0) is 14.3 Å². The molecule has 2 N–H and O–H groups in total. The number of alkyl carbamates (subject to hydrolysis) is 1. The predicted octanol–water partition coefficient (Wildman–Crippen LogP) is -0.0168. The van der Waals surface area contributed by atoms with Crippen LogP contribution < -0.4 is 10.6 Å². The van der Waals surface area contributed by atoms with Crippen LogP contribution >= 0.6 is 0 Å². The van der Waals surface area contributed by atoms with Crippen LogP contribution in [0.15, 0.2) is 11.8 Å². The highest BCUT2D eigenvalue weighted by molar-refractivity contribution is 6.15. The second-order valence-electron chi connectivity index (χ2n) is 5.03. The van der Waals surface area contributed by atoms with Gasteiger partial charge in [0.25, 0.3) is 11.8 Å². The fourth-order valence-corrected chi connectivity index (χ4v) is 1.48. The zero-order valence-electron chi connectivity index (χ0n) is 11.6. The van der Waals surface area contributed by atoms with E-state index in [1.54, 1.807) is 27.8 Å². The Kier molecular flexibility index (Phi) is 4.52. The molecule has 1 rings (SSSR count). The fraction of sp³-hybridized carbons (Fsp3) is 0.583. The Morgan fingerprint density at radius 1 is 1.37 bits per heavy atom. The first-order valence-corrected chi connectivity index (χ1v) is 5.96. The molecule has 0 fully saturated rings. The summed E-state index contributed by atoms with van der Waals surface area (Å²) in [7, 11) is 1.57. The maximum Gasteiger partial charge on any atom is 0.407 e. The Labute approximate surface area is 112 Å². The highest BCUT2D eigenvalue weighted by atomic mass is 16.6. The number of likely N-dealkylation sites (N-methyl/N-ethyl adjacent to an activating group) is 1. The monoisotopic (exact) mass is 269 g/mol. The van der Waals surface area contributed by atoms with Gasteiger partial charge in [0.05, 0.1) is 0 Å². The van der Waals surface area contributed by atoms with Crippen molar-refractivity contribution >= 4 is 17.9 Å². The molecule has 0 radical (unpaired) electrons. The predicted molar refractivity (Wildman–Crippen MR) is 68.1 cm³/mol. The van der Waals surface area contributed by atoms with Gasteiger partial charge in [0, 0.05) is 26.2 Å². The van der Waals surface area contributed by atoms with Gasteiger partial charge in [0.1, 0.15) is 11.3 Å². The summed E-state index contributed by atoms with van der Waals surface area (Å²) in [6, 6.07) is 0. The summed E-state index contributed by atoms with van der Waals surface area (Å²) in [5.41, 5.74) is -0.327. The lowest BCUT2D eigenvalue weighted by molar-refractivity contribution is -0.137. The molecule has 0 aliphatic carbocycles. The van der Waals surface area contributed by atoms with E-state index < -0.39 is 17.6 Å². The van der Waals surface area contributed by atoms with Gasteiger partial charge in [0.15, 0.2) is 0 Å². The first-order valence-electron chi connectivity index (χ1n) is 5.96. The summed E-state index contributed by atoms with van der Waals surface area (Å²) in [5.74, 6) is -0.779. The molecule has 0 spiro atoms. The van der Waals surface area contributed by atoms with Gasteiger partial charge in [-0.2, -0.15) is 0 Å². The van der Waals surface area contributed by atoms with Gasteiger partial charge in [-0.3, -0.25) is 14.5 Å². The lowest BCUT2D eigenvalue weighted by atomic mass is 10.2. The molecular weight excluding hydrogens is 250 g/mol. The van der Waals surface area contributed by atoms with Crippen molar-refractivity contribution < 1.29 is 19.1 Å². The Hall–Kier alpha value is -2.05. The largest absolute Gasteiger partial charge is 0.444 e. The van der Waals surface area contributed by atoms with Crippen molar-refractivity contribution in [3.63, 3.8) is 0 Å². The van der Waals surface area contributed by atoms with Gasteiger partial charge in [-0.25, -0.2) is 4.79 Å². The standard InChI is InChI=1S/C12H19N3O4/c1-12(2,3)19-11(18)14-5-6-15-9(16)7-8(13-4)10(15)17/h7,13H,5-6H2,1-4H3,(H,14,18). The molecule has 0 saturated carbocycles. The molecule has 0 unspecified atom stereocenters. The third-order valence-electron chi connectivity index (χ3n) is 2.28. The number of carbonyl (C=O) groups excluding carboxylic acids is 3. The number of rotatable bonds is 4. The van der Waals surface area contributed by atoms with Crippen LogP contribution in [0.3, 0.4) is 0 Å². The van der Waals surface area contributed by atoms with Crippen molar-refractivity contribution in [2.24, 2.45) is 0 Å². The normalized spacial score (nSPS) is 15.4. The van der Waals surface area contributed by atoms with Gasteiger partial charge in [-0.1, -0.05) is 0 Å². The number of ether oxygens (including phenoxy) is 1. The lowest BCUT2D eigenvalue weighted by Gasteiger charge is -2.20. The molecule has 19 heavy (non-hydrogen) atoms. The van der Waals surface area contributed by atoms with Crippen molar-refractivity contribution in [1.29, 1.82) is 0 Å². The summed E-state index contributed by atoms with van der Waals surface area (Å²) in [4.78, 5) is 35.6. The summed E-state index contributed by atoms with van der Waals surface area (Å²) in [6.45, 7) is 5.52. The Bertz CT molecular complexity index is 423. The first-order chi connectivity index (χ1) is 8.74. The number of carbonyl (C=O) groups is 3. The molecule has 1 aliphatic rings. The van der Waals surface area contributed by atoms with Gasteiger partial charge >= 0.3 is 6.09 Å². The molecule has 1 heterocycles. The number of nitrogens with zero attached hydrogens (tertiary/aromatic N) is 1. The van der Waals surface area contributed by atoms with E-state index in [-0.39, 0.29) is 24.7 Å². The minimum atomic E-state index is -0.579. The fourth-order valence-electron chi connectivity index (χ4n) is 1.48. The van der Waals surface area contributed by atoms with E-state index in [9.17, 15) is 14.4 Å². The average molecular weight is 269 g/mol. The zero-order chi connectivity index (χ0) is 14.6. The van der Waals surface area contributed by atoms with E-state index in [2.05, 4.69) is 10.6 Å². The van der Waals surface area contributed by atoms with Crippen LogP contribution in [-0.4, -0.2) is 48.5 Å². The third-order valence-corrected chi connectivity index (χ3v) is 2.28. The molecule has 7 heteroatoms. The highest BCUT2D eigenvalue weighted by Crippen LogP contribution is 2.09. The van der Waals surface area contributed by atoms with Crippen LogP contribution in [0.1, 0.15) is 20.8 Å². The van der Waals surface area contributed by atoms with Gasteiger partial charge in [0.2, 0.25) is 0 Å². The topological polar surface area (TPSA) is 87.7 Å². The SMILES string of the molecule is CNC1=CC(=O)N(CCNC(=O)OC(C)(C)C)C1=O. The Morgan fingerprint density at radius 2 is 2.00 bits per heavy atom. The molecule has 0 aromatic rings. The van der Waals surface area contributed by atoms with Crippen molar-refractivity contribution in [1.82, 2.24) is 15.5 Å². The van der Waals surface area contributed by atoms with E-state index in [4.69, 9.17) is 4.74 Å². The van der Waals surface area contributed by atoms with Gasteiger partial charge in [-0.15, -0.1) is 0 Å². The minimum Gasteiger partial charge on any atom is -0.444 e. The van der Waals surface area contributed by atoms with Crippen LogP contribution in [0.4, 0.5) is 4.79 Å². The summed E-state index contributed by atoms with van der Waals surface area (Å²) >= 11 is 0. The second-order valence-corrected chi connectivity index (χ2v) is 5.03. The van der Waals surface area contributed by atoms with E-state index in [0.717, 1.165) is 4.90 Å². The quantitative estimate of drug-likeness (QED) is 0.700. The smallest absolute Gasteiger partial charge is 0.407 e. The molecule has 1 aliphatic heterocycles. The van der Waals surface area contributed by atoms with E-state index in [0.29, 0.717) is 0 Å². The van der Waals surface area contributed by atoms with E-state index in [1.807, 2.05) is 0 Å². The van der Waals surface area contributed by atoms with Crippen LogP contribution in [0, 0.1) is 0 Å². The van der Waals surface area contributed by atoms with Crippen molar-refractivity contribution in [3.8, 4) is 0 Å². The molecule has 0 atom stereocenters. The second kappa shape index (κ2) is 5.73. The highest BCUT2D eigenvalue weighted by Gasteiger charge is 2.30. The van der Waals surface area contributed by atoms with E-state index in [1.165, 1.54) is 6.08 Å². The first kappa shape index (κ1) is 15.0. The molecule has 7 nitrogen and oxygen atoms in total. The maximum absolute atomic E-state index is 11.7. The molecule has 0 bridgehead atoms. The zero-order valence-corrected chi connectivity index (χ0v) is 11.6. The van der Waals surface area contributed by atoms with Crippen LogP contribution in [0.25, 0.3) is 0 Å². The number of amides is 3. The Balaban J connectivity index is 2.37. The van der Waals surface area contributed by atoms with Crippen molar-refractivity contribution in [2.75, 3.05) is 20.1 Å². The molecular formula is C12H19N3O4. The van der Waals surface area contributed by atoms with Crippen LogP contribution in [0.2, 0.25) is 0 Å². The molecule has 0 aromatic carbocycles. The number of imide groups is 1. The number of nitrogens with one attached hydrogen (secondary N) is 2. The number of hydrogen-bond donors (Lipinski definition) is 2. The van der Waals surface area contributed by atoms with Crippen molar-refractivity contribution in [3.05, 3.63) is 11.8 Å². The molecule has 0 aromatic heterocycles. The summed E-state index contributed by atoms with van der Waals surface area (Å²) in [5, 5.41) is 5.13. The summed E-state index contributed by atoms with van der Waals surface area (Å²) in [6.07, 6.45) is 0.656. The molecule has 106 valence electrons.